The van der Waals surface area contributed by atoms with E-state index in [1.165, 1.54) is 7.11 Å². The van der Waals surface area contributed by atoms with Gasteiger partial charge in [0.15, 0.2) is 0 Å². The van der Waals surface area contributed by atoms with E-state index >= 15 is 0 Å². The van der Waals surface area contributed by atoms with Crippen molar-refractivity contribution in [3.63, 3.8) is 0 Å². The number of para-hydroxylation sites is 1. The maximum Gasteiger partial charge on any atom is 0.333 e. The lowest BCUT2D eigenvalue weighted by atomic mass is 10.2. The van der Waals surface area contributed by atoms with Gasteiger partial charge in [0.2, 0.25) is 0 Å². The molecule has 0 saturated carbocycles. The topological polar surface area (TPSA) is 74.3 Å². The van der Waals surface area contributed by atoms with Crippen LogP contribution in [0.1, 0.15) is 17.3 Å². The number of fused-ring (bicyclic) bond motifs is 1. The van der Waals surface area contributed by atoms with E-state index in [1.54, 1.807) is 19.2 Å². The Bertz CT molecular complexity index is 698. The average Bonchev–Trinajstić information content (AvgIpc) is 2.83. The van der Waals surface area contributed by atoms with Crippen LogP contribution in [0.5, 0.6) is 0 Å². The van der Waals surface area contributed by atoms with Crippen molar-refractivity contribution >= 4 is 22.8 Å². The van der Waals surface area contributed by atoms with Gasteiger partial charge in [-0.05, 0) is 13.0 Å². The summed E-state index contributed by atoms with van der Waals surface area (Å²) in [5.41, 5.74) is 7.27. The predicted molar refractivity (Wildman–Crippen MR) is 76.2 cm³/mol. The number of nitrogens with zero attached hydrogens (tertiary/aromatic N) is 1. The molecule has 0 atom stereocenters. The van der Waals surface area contributed by atoms with Gasteiger partial charge in [0.1, 0.15) is 0 Å². The standard InChI is InChI=1S/C15H16N2O3/c1-10(15(19)20-2)7-8-17-9-12(14(16)18)11-5-3-4-6-13(11)17/h3-7,9H,8H2,1-2H3,(H2,16,18). The zero-order valence-corrected chi connectivity index (χ0v) is 11.4. The van der Waals surface area contributed by atoms with Crippen molar-refractivity contribution in [3.05, 3.63) is 47.7 Å². The van der Waals surface area contributed by atoms with E-state index in [0.29, 0.717) is 17.7 Å². The number of rotatable bonds is 4. The third-order valence-corrected chi connectivity index (χ3v) is 3.16. The zero-order valence-electron chi connectivity index (χ0n) is 11.4. The molecule has 1 aromatic carbocycles. The van der Waals surface area contributed by atoms with Gasteiger partial charge in [-0.15, -0.1) is 0 Å². The van der Waals surface area contributed by atoms with Crippen LogP contribution in [-0.2, 0) is 16.1 Å². The number of primary amides is 1. The van der Waals surface area contributed by atoms with E-state index in [9.17, 15) is 9.59 Å². The van der Waals surface area contributed by atoms with Crippen molar-refractivity contribution in [2.75, 3.05) is 7.11 Å². The fourth-order valence-corrected chi connectivity index (χ4v) is 2.07. The summed E-state index contributed by atoms with van der Waals surface area (Å²) in [5, 5.41) is 0.809. The van der Waals surface area contributed by atoms with Gasteiger partial charge in [0.25, 0.3) is 5.91 Å². The van der Waals surface area contributed by atoms with Crippen LogP contribution in [0.15, 0.2) is 42.1 Å². The molecule has 0 unspecified atom stereocenters. The smallest absolute Gasteiger partial charge is 0.333 e. The summed E-state index contributed by atoms with van der Waals surface area (Å²) in [5.74, 6) is -0.829. The molecule has 0 spiro atoms. The van der Waals surface area contributed by atoms with Crippen LogP contribution in [0.2, 0.25) is 0 Å². The first-order valence-electron chi connectivity index (χ1n) is 6.17. The lowest BCUT2D eigenvalue weighted by Gasteiger charge is -2.02. The fraction of sp³-hybridized carbons (Fsp3) is 0.200. The number of methoxy groups -OCH3 is 1. The average molecular weight is 272 g/mol. The number of amides is 1. The monoisotopic (exact) mass is 272 g/mol. The SMILES string of the molecule is COC(=O)C(C)=CCn1cc(C(N)=O)c2ccccc21. The van der Waals surface area contributed by atoms with E-state index in [0.717, 1.165) is 10.9 Å². The summed E-state index contributed by atoms with van der Waals surface area (Å²) in [6.45, 7) is 2.15. The van der Waals surface area contributed by atoms with E-state index in [2.05, 4.69) is 4.74 Å². The summed E-state index contributed by atoms with van der Waals surface area (Å²) >= 11 is 0. The minimum absolute atomic E-state index is 0.364. The van der Waals surface area contributed by atoms with Crippen LogP contribution in [0.4, 0.5) is 0 Å². The van der Waals surface area contributed by atoms with Crippen molar-refractivity contribution in [1.82, 2.24) is 4.57 Å². The minimum Gasteiger partial charge on any atom is -0.466 e. The summed E-state index contributed by atoms with van der Waals surface area (Å²) < 4.78 is 6.52. The lowest BCUT2D eigenvalue weighted by Crippen LogP contribution is -2.10. The zero-order chi connectivity index (χ0) is 14.7. The summed E-state index contributed by atoms with van der Waals surface area (Å²) in [6, 6.07) is 7.50. The highest BCUT2D eigenvalue weighted by Crippen LogP contribution is 2.21. The van der Waals surface area contributed by atoms with Crippen molar-refractivity contribution in [3.8, 4) is 0 Å². The molecular weight excluding hydrogens is 256 g/mol. The Hall–Kier alpha value is -2.56. The van der Waals surface area contributed by atoms with E-state index in [4.69, 9.17) is 5.73 Å². The molecule has 104 valence electrons. The molecule has 0 aliphatic heterocycles. The normalized spacial score (nSPS) is 11.6. The highest BCUT2D eigenvalue weighted by molar-refractivity contribution is 6.06. The van der Waals surface area contributed by atoms with Gasteiger partial charge in [-0.3, -0.25) is 4.79 Å². The van der Waals surface area contributed by atoms with Crippen LogP contribution in [0, 0.1) is 0 Å². The Morgan fingerprint density at radius 1 is 1.35 bits per heavy atom. The maximum absolute atomic E-state index is 11.4. The number of carbonyl (C=O) groups excluding carboxylic acids is 2. The molecular formula is C15H16N2O3. The summed E-state index contributed by atoms with van der Waals surface area (Å²) in [4.78, 5) is 22.8. The van der Waals surface area contributed by atoms with Gasteiger partial charge < -0.3 is 15.0 Å². The van der Waals surface area contributed by atoms with Crippen molar-refractivity contribution in [2.24, 2.45) is 5.73 Å². The molecule has 0 fully saturated rings. The summed E-state index contributed by atoms with van der Waals surface area (Å²) in [6.07, 6.45) is 3.46. The van der Waals surface area contributed by atoms with Gasteiger partial charge in [-0.25, -0.2) is 4.79 Å². The number of esters is 1. The number of allylic oxidation sites excluding steroid dienone is 1. The predicted octanol–water partition coefficient (Wildman–Crippen LogP) is 1.86. The second kappa shape index (κ2) is 5.61. The molecule has 0 saturated heterocycles. The molecule has 0 radical (unpaired) electrons. The van der Waals surface area contributed by atoms with Crippen molar-refractivity contribution < 1.29 is 14.3 Å². The Kier molecular flexibility index (Phi) is 3.89. The van der Waals surface area contributed by atoms with E-state index in [-0.39, 0.29) is 5.97 Å². The van der Waals surface area contributed by atoms with Crippen LogP contribution in [-0.4, -0.2) is 23.6 Å². The minimum atomic E-state index is -0.464. The summed E-state index contributed by atoms with van der Waals surface area (Å²) in [7, 11) is 1.34. The second-order valence-corrected chi connectivity index (χ2v) is 4.46. The molecule has 1 aromatic heterocycles. The number of aromatic nitrogens is 1. The molecule has 2 N–H and O–H groups in total. The van der Waals surface area contributed by atoms with Crippen LogP contribution >= 0.6 is 0 Å². The Balaban J connectivity index is 2.41. The maximum atomic E-state index is 11.4. The molecule has 1 amide bonds. The van der Waals surface area contributed by atoms with Gasteiger partial charge in [0, 0.05) is 29.2 Å². The Morgan fingerprint density at radius 2 is 2.05 bits per heavy atom. The first-order chi connectivity index (χ1) is 9.54. The largest absolute Gasteiger partial charge is 0.466 e. The molecule has 5 heteroatoms. The van der Waals surface area contributed by atoms with Crippen LogP contribution in [0.3, 0.4) is 0 Å². The number of carbonyl (C=O) groups is 2. The third-order valence-electron chi connectivity index (χ3n) is 3.16. The molecule has 0 aliphatic carbocycles. The second-order valence-electron chi connectivity index (χ2n) is 4.46. The number of hydrogen-bond acceptors (Lipinski definition) is 3. The molecule has 1 heterocycles. The number of ether oxygens (including phenoxy) is 1. The molecule has 20 heavy (non-hydrogen) atoms. The van der Waals surface area contributed by atoms with Crippen molar-refractivity contribution in [2.45, 2.75) is 13.5 Å². The fourth-order valence-electron chi connectivity index (χ4n) is 2.07. The molecule has 5 nitrogen and oxygen atoms in total. The van der Waals surface area contributed by atoms with Crippen LogP contribution in [0.25, 0.3) is 10.9 Å². The van der Waals surface area contributed by atoms with E-state index < -0.39 is 5.91 Å². The highest BCUT2D eigenvalue weighted by Gasteiger charge is 2.11. The van der Waals surface area contributed by atoms with Gasteiger partial charge in [0.05, 0.1) is 12.7 Å². The van der Waals surface area contributed by atoms with Gasteiger partial charge >= 0.3 is 5.97 Å². The Morgan fingerprint density at radius 3 is 2.70 bits per heavy atom. The molecule has 0 aliphatic rings. The molecule has 0 bridgehead atoms. The number of hydrogen-bond donors (Lipinski definition) is 1. The van der Waals surface area contributed by atoms with Gasteiger partial charge in [-0.2, -0.15) is 0 Å². The Labute approximate surface area is 116 Å². The van der Waals surface area contributed by atoms with E-state index in [1.807, 2.05) is 28.8 Å². The highest BCUT2D eigenvalue weighted by atomic mass is 16.5. The first kappa shape index (κ1) is 13.9. The number of nitrogens with two attached hydrogens (primary N) is 1. The quantitative estimate of drug-likeness (QED) is 0.682. The van der Waals surface area contributed by atoms with Crippen molar-refractivity contribution in [1.29, 1.82) is 0 Å². The number of benzene rings is 1. The molecule has 2 rings (SSSR count). The van der Waals surface area contributed by atoms with Crippen LogP contribution < -0.4 is 5.73 Å². The third kappa shape index (κ3) is 2.56. The van der Waals surface area contributed by atoms with Gasteiger partial charge in [-0.1, -0.05) is 24.3 Å². The molecule has 2 aromatic rings. The first-order valence-corrected chi connectivity index (χ1v) is 6.17. The lowest BCUT2D eigenvalue weighted by molar-refractivity contribution is -0.136.